The molecule has 1 amide bonds. The molecular formula is C56H88N6O15. The summed E-state index contributed by atoms with van der Waals surface area (Å²) >= 11 is 0. The van der Waals surface area contributed by atoms with E-state index in [2.05, 4.69) is 55.7 Å². The number of aliphatic carboxylic acids is 1. The number of hydrogen-bond acceptors (Lipinski definition) is 19. The van der Waals surface area contributed by atoms with Crippen LogP contribution in [0.3, 0.4) is 0 Å². The molecule has 3 heterocycles. The second-order valence-electron chi connectivity index (χ2n) is 21.7. The highest BCUT2D eigenvalue weighted by Crippen LogP contribution is 2.39. The molecule has 7 rings (SSSR count). The molecule has 432 valence electrons. The summed E-state index contributed by atoms with van der Waals surface area (Å²) in [7, 11) is 0. The Kier molecular flexibility index (Phi) is 24.7. The van der Waals surface area contributed by atoms with Gasteiger partial charge < -0.3 is 85.6 Å². The van der Waals surface area contributed by atoms with Crippen molar-refractivity contribution in [1.29, 1.82) is 0 Å². The van der Waals surface area contributed by atoms with Gasteiger partial charge in [-0.25, -0.2) is 9.59 Å². The van der Waals surface area contributed by atoms with Crippen LogP contribution in [-0.4, -0.2) is 205 Å². The van der Waals surface area contributed by atoms with Gasteiger partial charge >= 0.3 is 11.9 Å². The quantitative estimate of drug-likeness (QED) is 0.0652. The van der Waals surface area contributed by atoms with E-state index in [1.165, 1.54) is 24.6 Å². The van der Waals surface area contributed by atoms with Crippen LogP contribution >= 0.6 is 0 Å². The molecule has 5 aliphatic rings. The zero-order chi connectivity index (χ0) is 54.7. The van der Waals surface area contributed by atoms with E-state index >= 15 is 0 Å². The van der Waals surface area contributed by atoms with E-state index in [0.29, 0.717) is 26.1 Å². The number of carbonyl (C=O) groups is 3. The topological polar surface area (TPSA) is 291 Å². The van der Waals surface area contributed by atoms with E-state index in [9.17, 15) is 45.0 Å². The molecule has 5 fully saturated rings. The molecule has 0 spiro atoms. The van der Waals surface area contributed by atoms with Crippen LogP contribution in [0.2, 0.25) is 0 Å². The van der Waals surface area contributed by atoms with Crippen LogP contribution in [0, 0.1) is 17.8 Å². The minimum atomic E-state index is -1.68. The molecule has 11 N–H and O–H groups in total. The number of carbonyl (C=O) groups excluding carboxylic acids is 2. The fraction of sp³-hybridized carbons (Fsp3) is 0.732. The van der Waals surface area contributed by atoms with Gasteiger partial charge in [0.05, 0.1) is 30.5 Å². The highest BCUT2D eigenvalue weighted by atomic mass is 16.7. The summed E-state index contributed by atoms with van der Waals surface area (Å²) in [5, 5.41) is 82.2. The predicted octanol–water partition coefficient (Wildman–Crippen LogP) is 1.01. The lowest BCUT2D eigenvalue weighted by atomic mass is 9.77. The molecule has 2 aromatic rings. The second kappa shape index (κ2) is 31.3. The van der Waals surface area contributed by atoms with Gasteiger partial charge in [-0.1, -0.05) is 81.5 Å². The fourth-order valence-corrected chi connectivity index (χ4v) is 11.3. The lowest BCUT2D eigenvalue weighted by molar-refractivity contribution is -0.349. The van der Waals surface area contributed by atoms with Gasteiger partial charge in [0.15, 0.2) is 24.8 Å². The van der Waals surface area contributed by atoms with Crippen molar-refractivity contribution in [3.63, 3.8) is 0 Å². The van der Waals surface area contributed by atoms with Crippen LogP contribution in [0.4, 0.5) is 0 Å². The number of benzene rings is 2. The Morgan fingerprint density at radius 2 is 1.42 bits per heavy atom. The lowest BCUT2D eigenvalue weighted by Crippen LogP contribution is -2.64. The molecule has 77 heavy (non-hydrogen) atoms. The highest BCUT2D eigenvalue weighted by Gasteiger charge is 2.54. The minimum Gasteiger partial charge on any atom is -0.479 e. The summed E-state index contributed by atoms with van der Waals surface area (Å²) in [6.07, 6.45) is -11.3. The van der Waals surface area contributed by atoms with E-state index in [1.807, 2.05) is 6.92 Å². The minimum absolute atomic E-state index is 0.00319. The summed E-state index contributed by atoms with van der Waals surface area (Å²) in [5.41, 5.74) is 2.50. The Labute approximate surface area is 453 Å². The molecule has 0 radical (unpaired) electrons. The number of nitrogens with zero attached hydrogens (tertiary/aromatic N) is 1. The fourth-order valence-electron chi connectivity index (χ4n) is 11.3. The molecule has 2 aromatic carbocycles. The summed E-state index contributed by atoms with van der Waals surface area (Å²) < 4.78 is 37.6. The van der Waals surface area contributed by atoms with Crippen molar-refractivity contribution in [3.8, 4) is 0 Å². The Balaban J connectivity index is 1.02. The first-order valence-electron chi connectivity index (χ1n) is 28.3. The molecule has 2 saturated carbocycles. The van der Waals surface area contributed by atoms with E-state index in [-0.39, 0.29) is 30.2 Å². The van der Waals surface area contributed by atoms with Crippen molar-refractivity contribution in [2.45, 2.75) is 171 Å². The number of aliphatic hydroxyl groups is 5. The third-order valence-electron chi connectivity index (χ3n) is 15.8. The van der Waals surface area contributed by atoms with Gasteiger partial charge in [-0.05, 0) is 100 Å². The van der Waals surface area contributed by atoms with Gasteiger partial charge in [-0.3, -0.25) is 9.69 Å². The lowest BCUT2D eigenvalue weighted by Gasteiger charge is -2.48. The number of carboxylic acid groups (broad SMARTS) is 1. The summed E-state index contributed by atoms with van der Waals surface area (Å²) in [6.45, 7) is 12.8. The average molecular weight is 1090 g/mol. The van der Waals surface area contributed by atoms with Crippen molar-refractivity contribution >= 4 is 17.8 Å². The Bertz CT molecular complexity index is 2050. The molecule has 2 aliphatic carbocycles. The van der Waals surface area contributed by atoms with Crippen LogP contribution in [0.5, 0.6) is 0 Å². The van der Waals surface area contributed by atoms with E-state index in [0.717, 1.165) is 109 Å². The third-order valence-corrected chi connectivity index (χ3v) is 15.8. The largest absolute Gasteiger partial charge is 0.479 e. The molecule has 3 aliphatic heterocycles. The second-order valence-corrected chi connectivity index (χ2v) is 21.7. The van der Waals surface area contributed by atoms with Gasteiger partial charge in [0.25, 0.3) is 0 Å². The first-order valence-corrected chi connectivity index (χ1v) is 28.3. The van der Waals surface area contributed by atoms with E-state index in [4.69, 9.17) is 28.4 Å². The van der Waals surface area contributed by atoms with E-state index in [1.54, 1.807) is 18.2 Å². The smallest absolute Gasteiger partial charge is 0.338 e. The first-order chi connectivity index (χ1) is 37.3. The maximum absolute atomic E-state index is 14.1. The number of nitrogens with one attached hydrogen (secondary N) is 5. The van der Waals surface area contributed by atoms with E-state index < -0.39 is 110 Å². The molecule has 21 heteroatoms. The van der Waals surface area contributed by atoms with Crippen molar-refractivity contribution in [2.75, 3.05) is 72.1 Å². The van der Waals surface area contributed by atoms with Crippen molar-refractivity contribution in [3.05, 3.63) is 71.3 Å². The van der Waals surface area contributed by atoms with Gasteiger partial charge in [0, 0.05) is 58.3 Å². The number of esters is 1. The first kappa shape index (κ1) is 60.9. The zero-order valence-corrected chi connectivity index (χ0v) is 45.0. The molecule has 15 atom stereocenters. The molecule has 21 nitrogen and oxygen atoms in total. The zero-order valence-electron chi connectivity index (χ0n) is 45.0. The normalized spacial score (nSPS) is 33.1. The van der Waals surface area contributed by atoms with Crippen LogP contribution < -0.4 is 26.6 Å². The molecule has 3 saturated heterocycles. The Morgan fingerprint density at radius 1 is 0.714 bits per heavy atom. The van der Waals surface area contributed by atoms with Gasteiger partial charge in [0.2, 0.25) is 5.91 Å². The average Bonchev–Trinajstić information content (AvgIpc) is 3.43. The number of aliphatic hydroxyl groups excluding tert-OH is 5. The molecule has 0 unspecified atom stereocenters. The number of hydrogen-bond donors (Lipinski definition) is 11. The summed E-state index contributed by atoms with van der Waals surface area (Å²) in [6, 6.07) is 16.6. The highest BCUT2D eigenvalue weighted by molar-refractivity contribution is 5.89. The monoisotopic (exact) mass is 1080 g/mol. The number of ether oxygens (including phenoxy) is 6. The standard InChI is InChI=1S/C56H88N6O15/c1-35-29-41(52(68)61-25-24-60-32-38-15-17-39(18-16-38)33-62-27-10-21-58-23-22-57-19-9-20-59-26-28-62)31-42(49(35)77-55-48(67)47(66)45(64)36(2)72-55)74-56-51(76-54(71)40-13-7-4-8-14-40)50(46(65)44(34-63)75-56)73-43(53(69)70)30-37-11-5-3-6-12-37/h4,7-8,13-18,35-37,41-51,55-60,63-67H,3,5-6,9-12,19-34H2,1-2H3,(H,61,68)(H,69,70)/t35-,36-,41+,42+,43-,44+,45+,46-,47+,48-,49+,50-,51+,55-,56+/m0/s1. The van der Waals surface area contributed by atoms with Crippen molar-refractivity contribution in [1.82, 2.24) is 31.5 Å². The van der Waals surface area contributed by atoms with Crippen LogP contribution in [0.25, 0.3) is 0 Å². The van der Waals surface area contributed by atoms with Crippen LogP contribution in [0.15, 0.2) is 54.6 Å². The predicted molar refractivity (Wildman–Crippen MR) is 283 cm³/mol. The number of rotatable bonds is 20. The maximum Gasteiger partial charge on any atom is 0.338 e. The van der Waals surface area contributed by atoms with Crippen molar-refractivity contribution < 1.29 is 73.4 Å². The van der Waals surface area contributed by atoms with Gasteiger partial charge in [-0.2, -0.15) is 0 Å². The molecular weight excluding hydrogens is 997 g/mol. The summed E-state index contributed by atoms with van der Waals surface area (Å²) in [5.74, 6) is -3.49. The molecule has 0 aromatic heterocycles. The Hall–Kier alpha value is -3.75. The van der Waals surface area contributed by atoms with Gasteiger partial charge in [0.1, 0.15) is 36.6 Å². The SMILES string of the molecule is C[C@@H]1O[C@@H](O[C@@H]2[C@@H](C)C[C@@H](C(=O)NCCNCc3ccc(CN4CCCNCCNCCCNCC4)cc3)C[C@H]2O[C@@H]2O[C@H](CO)[C@H](O)[C@H](O[C@@H](CC3CCCCC3)C(=O)O)[C@H]2OC(=O)c2ccccc2)[C@@H](O)[C@H](O)[C@@H]1O. The van der Waals surface area contributed by atoms with Crippen molar-refractivity contribution in [2.24, 2.45) is 17.8 Å². The maximum atomic E-state index is 14.1. The number of carboxylic acids is 1. The molecule has 0 bridgehead atoms. The van der Waals surface area contributed by atoms with Gasteiger partial charge in [-0.15, -0.1) is 0 Å². The Morgan fingerprint density at radius 3 is 2.13 bits per heavy atom. The third kappa shape index (κ3) is 18.1. The van der Waals surface area contributed by atoms with Crippen LogP contribution in [-0.2, 0) is 51.1 Å². The summed E-state index contributed by atoms with van der Waals surface area (Å²) in [4.78, 5) is 43.4. The number of amides is 1. The van der Waals surface area contributed by atoms with Crippen LogP contribution in [0.1, 0.15) is 99.5 Å².